The molecule has 3 aromatic carbocycles. The van der Waals surface area contributed by atoms with Crippen LogP contribution in [0.4, 0.5) is 13.2 Å². The highest BCUT2D eigenvalue weighted by atomic mass is 35.5. The predicted octanol–water partition coefficient (Wildman–Crippen LogP) is 4.43. The number of alkyl halides is 3. The Morgan fingerprint density at radius 3 is 1.94 bits per heavy atom. The van der Waals surface area contributed by atoms with Crippen LogP contribution in [0.2, 0.25) is 5.02 Å². The standard InChI is InChI=1S/C24H20ClF3N2O3/c25-20-11-1-15(2-12-20)13-29-23(33)21(14-31)30-22(32)18-5-3-16(4-6-18)17-7-9-19(10-8-17)24(26,27)28/h1-12,21,31H,13-14H2,(H,29,33)(H,30,32). The molecule has 0 saturated carbocycles. The van der Waals surface area contributed by atoms with Gasteiger partial charge in [-0.25, -0.2) is 0 Å². The van der Waals surface area contributed by atoms with E-state index in [0.29, 0.717) is 16.1 Å². The molecule has 3 rings (SSSR count). The first kappa shape index (κ1) is 24.3. The van der Waals surface area contributed by atoms with Crippen molar-refractivity contribution >= 4 is 23.4 Å². The number of benzene rings is 3. The summed E-state index contributed by atoms with van der Waals surface area (Å²) in [6.45, 7) is -0.397. The zero-order valence-electron chi connectivity index (χ0n) is 17.2. The summed E-state index contributed by atoms with van der Waals surface area (Å²) in [5.74, 6) is -1.13. The van der Waals surface area contributed by atoms with Crippen LogP contribution in [0.25, 0.3) is 11.1 Å². The lowest BCUT2D eigenvalue weighted by Gasteiger charge is -2.16. The summed E-state index contributed by atoms with van der Waals surface area (Å²) in [5.41, 5.74) is 1.47. The molecule has 1 unspecified atom stereocenters. The predicted molar refractivity (Wildman–Crippen MR) is 119 cm³/mol. The van der Waals surface area contributed by atoms with Crippen molar-refractivity contribution in [2.24, 2.45) is 0 Å². The first-order valence-corrected chi connectivity index (χ1v) is 10.3. The monoisotopic (exact) mass is 476 g/mol. The van der Waals surface area contributed by atoms with E-state index < -0.39 is 36.2 Å². The Morgan fingerprint density at radius 1 is 0.879 bits per heavy atom. The van der Waals surface area contributed by atoms with Crippen molar-refractivity contribution in [3.05, 3.63) is 94.5 Å². The van der Waals surface area contributed by atoms with Crippen LogP contribution in [-0.4, -0.2) is 29.6 Å². The van der Waals surface area contributed by atoms with Gasteiger partial charge in [0.25, 0.3) is 5.91 Å². The van der Waals surface area contributed by atoms with Gasteiger partial charge in [-0.3, -0.25) is 9.59 Å². The Kier molecular flexibility index (Phi) is 7.73. The number of carbonyl (C=O) groups excluding carboxylic acids is 2. The molecular weight excluding hydrogens is 457 g/mol. The highest BCUT2D eigenvalue weighted by Gasteiger charge is 2.30. The van der Waals surface area contributed by atoms with Crippen LogP contribution in [0, 0.1) is 0 Å². The molecule has 0 saturated heterocycles. The molecular formula is C24H20ClF3N2O3. The van der Waals surface area contributed by atoms with E-state index in [-0.39, 0.29) is 12.1 Å². The van der Waals surface area contributed by atoms with Crippen LogP contribution < -0.4 is 10.6 Å². The highest BCUT2D eigenvalue weighted by molar-refractivity contribution is 6.30. The molecule has 5 nitrogen and oxygen atoms in total. The molecule has 2 amide bonds. The summed E-state index contributed by atoms with van der Waals surface area (Å²) in [4.78, 5) is 24.8. The van der Waals surface area contributed by atoms with Crippen LogP contribution in [0.3, 0.4) is 0 Å². The van der Waals surface area contributed by atoms with E-state index in [1.807, 2.05) is 0 Å². The number of nitrogens with one attached hydrogen (secondary N) is 2. The van der Waals surface area contributed by atoms with E-state index in [9.17, 15) is 27.9 Å². The summed E-state index contributed by atoms with van der Waals surface area (Å²) in [5, 5.41) is 15.2. The molecule has 0 aliphatic carbocycles. The summed E-state index contributed by atoms with van der Waals surface area (Å²) in [6.07, 6.45) is -4.41. The van der Waals surface area contributed by atoms with Gasteiger partial charge in [0.15, 0.2) is 0 Å². The molecule has 172 valence electrons. The number of rotatable bonds is 7. The maximum Gasteiger partial charge on any atom is 0.416 e. The second kappa shape index (κ2) is 10.5. The first-order chi connectivity index (χ1) is 15.7. The highest BCUT2D eigenvalue weighted by Crippen LogP contribution is 2.31. The minimum atomic E-state index is -4.41. The first-order valence-electron chi connectivity index (χ1n) is 9.89. The lowest BCUT2D eigenvalue weighted by atomic mass is 10.0. The third kappa shape index (κ3) is 6.57. The SMILES string of the molecule is O=C(NC(CO)C(=O)NCc1ccc(Cl)cc1)c1ccc(-c2ccc(C(F)(F)F)cc2)cc1. The minimum absolute atomic E-state index is 0.199. The second-order valence-electron chi connectivity index (χ2n) is 7.21. The van der Waals surface area contributed by atoms with Crippen LogP contribution in [0.15, 0.2) is 72.8 Å². The third-order valence-electron chi connectivity index (χ3n) is 4.88. The number of hydrogen-bond acceptors (Lipinski definition) is 3. The van der Waals surface area contributed by atoms with Crippen molar-refractivity contribution in [3.8, 4) is 11.1 Å². The number of halogens is 4. The van der Waals surface area contributed by atoms with E-state index in [4.69, 9.17) is 11.6 Å². The molecule has 0 aliphatic rings. The van der Waals surface area contributed by atoms with Gasteiger partial charge in [-0.15, -0.1) is 0 Å². The average Bonchev–Trinajstić information content (AvgIpc) is 2.81. The number of aliphatic hydroxyl groups is 1. The summed E-state index contributed by atoms with van der Waals surface area (Å²) in [6, 6.07) is 16.5. The zero-order valence-corrected chi connectivity index (χ0v) is 18.0. The number of aliphatic hydroxyl groups excluding tert-OH is 1. The fourth-order valence-corrected chi connectivity index (χ4v) is 3.14. The maximum absolute atomic E-state index is 12.7. The van der Waals surface area contributed by atoms with Crippen molar-refractivity contribution < 1.29 is 27.9 Å². The second-order valence-corrected chi connectivity index (χ2v) is 7.64. The summed E-state index contributed by atoms with van der Waals surface area (Å²) < 4.78 is 38.1. The van der Waals surface area contributed by atoms with Crippen LogP contribution in [-0.2, 0) is 17.5 Å². The van der Waals surface area contributed by atoms with Gasteiger partial charge in [0, 0.05) is 17.1 Å². The van der Waals surface area contributed by atoms with Crippen molar-refractivity contribution in [2.75, 3.05) is 6.61 Å². The van der Waals surface area contributed by atoms with Crippen molar-refractivity contribution in [3.63, 3.8) is 0 Å². The smallest absolute Gasteiger partial charge is 0.394 e. The Morgan fingerprint density at radius 2 is 1.42 bits per heavy atom. The molecule has 0 bridgehead atoms. The Bertz CT molecular complexity index is 1100. The lowest BCUT2D eigenvalue weighted by Crippen LogP contribution is -2.48. The normalized spacial score (nSPS) is 12.2. The van der Waals surface area contributed by atoms with E-state index in [1.54, 1.807) is 36.4 Å². The topological polar surface area (TPSA) is 78.4 Å². The molecule has 3 N–H and O–H groups in total. The number of carbonyl (C=O) groups is 2. The number of hydrogen-bond donors (Lipinski definition) is 3. The molecule has 3 aromatic rings. The Labute approximate surface area is 193 Å². The maximum atomic E-state index is 12.7. The van der Waals surface area contributed by atoms with E-state index in [2.05, 4.69) is 10.6 Å². The molecule has 0 spiro atoms. The van der Waals surface area contributed by atoms with Crippen LogP contribution in [0.5, 0.6) is 0 Å². The molecule has 0 radical (unpaired) electrons. The largest absolute Gasteiger partial charge is 0.416 e. The van der Waals surface area contributed by atoms with Crippen molar-refractivity contribution in [1.29, 1.82) is 0 Å². The minimum Gasteiger partial charge on any atom is -0.394 e. The molecule has 33 heavy (non-hydrogen) atoms. The van der Waals surface area contributed by atoms with Gasteiger partial charge in [-0.1, -0.05) is 48.0 Å². The van der Waals surface area contributed by atoms with E-state index >= 15 is 0 Å². The van der Waals surface area contributed by atoms with Gasteiger partial charge >= 0.3 is 6.18 Å². The van der Waals surface area contributed by atoms with E-state index in [0.717, 1.165) is 17.7 Å². The van der Waals surface area contributed by atoms with Crippen LogP contribution in [0.1, 0.15) is 21.5 Å². The van der Waals surface area contributed by atoms with Gasteiger partial charge in [0.2, 0.25) is 5.91 Å². The van der Waals surface area contributed by atoms with Crippen molar-refractivity contribution in [2.45, 2.75) is 18.8 Å². The molecule has 9 heteroatoms. The van der Waals surface area contributed by atoms with Gasteiger partial charge < -0.3 is 15.7 Å². The fraction of sp³-hybridized carbons (Fsp3) is 0.167. The van der Waals surface area contributed by atoms with Crippen molar-refractivity contribution in [1.82, 2.24) is 10.6 Å². The fourth-order valence-electron chi connectivity index (χ4n) is 3.02. The third-order valence-corrected chi connectivity index (χ3v) is 5.13. The molecule has 0 fully saturated rings. The van der Waals surface area contributed by atoms with Gasteiger partial charge in [-0.05, 0) is 53.1 Å². The average molecular weight is 477 g/mol. The van der Waals surface area contributed by atoms with Gasteiger partial charge in [0.1, 0.15) is 6.04 Å². The summed E-state index contributed by atoms with van der Waals surface area (Å²) >= 11 is 5.82. The molecule has 1 atom stereocenters. The molecule has 0 aromatic heterocycles. The van der Waals surface area contributed by atoms with Gasteiger partial charge in [-0.2, -0.15) is 13.2 Å². The molecule has 0 aliphatic heterocycles. The van der Waals surface area contributed by atoms with E-state index in [1.165, 1.54) is 24.3 Å². The summed E-state index contributed by atoms with van der Waals surface area (Å²) in [7, 11) is 0. The quantitative estimate of drug-likeness (QED) is 0.472. The van der Waals surface area contributed by atoms with Crippen LogP contribution >= 0.6 is 11.6 Å². The number of amides is 2. The Balaban J connectivity index is 1.60. The van der Waals surface area contributed by atoms with Gasteiger partial charge in [0.05, 0.1) is 12.2 Å². The zero-order chi connectivity index (χ0) is 24.0. The molecule has 0 heterocycles. The Hall–Kier alpha value is -3.36. The lowest BCUT2D eigenvalue weighted by molar-refractivity contribution is -0.137.